The van der Waals surface area contributed by atoms with Crippen LogP contribution in [0.25, 0.3) is 0 Å². The van der Waals surface area contributed by atoms with E-state index in [1.165, 1.54) is 12.1 Å². The molecule has 0 bridgehead atoms. The number of hydrogen-bond donors (Lipinski definition) is 2. The van der Waals surface area contributed by atoms with Crippen molar-refractivity contribution in [1.29, 1.82) is 0 Å². The number of para-hydroxylation sites is 1. The van der Waals surface area contributed by atoms with Gasteiger partial charge in [0.25, 0.3) is 5.91 Å². The summed E-state index contributed by atoms with van der Waals surface area (Å²) in [4.78, 5) is 21.9. The van der Waals surface area contributed by atoms with Crippen LogP contribution in [0.15, 0.2) is 18.2 Å². The van der Waals surface area contributed by atoms with E-state index in [-0.39, 0.29) is 5.56 Å². The molecule has 0 atom stereocenters. The van der Waals surface area contributed by atoms with E-state index in [0.29, 0.717) is 25.7 Å². The molecule has 2 N–H and O–H groups in total. The molecule has 0 radical (unpaired) electrons. The molecule has 20 heavy (non-hydrogen) atoms. The Morgan fingerprint density at radius 1 is 1.45 bits per heavy atom. The lowest BCUT2D eigenvalue weighted by Gasteiger charge is -2.22. The fourth-order valence-corrected chi connectivity index (χ4v) is 2.14. The number of phenolic OH excluding ortho intramolecular Hbond substituents is 1. The van der Waals surface area contributed by atoms with Gasteiger partial charge in [-0.05, 0) is 24.8 Å². The van der Waals surface area contributed by atoms with Gasteiger partial charge in [0.2, 0.25) is 5.75 Å². The SMILES string of the molecule is O=C(NCC1CCOCC1)c1cccc([N+](=O)[O-])c1O. The summed E-state index contributed by atoms with van der Waals surface area (Å²) >= 11 is 0. The van der Waals surface area contributed by atoms with Crippen LogP contribution in [0.3, 0.4) is 0 Å². The molecule has 108 valence electrons. The molecule has 1 aliphatic heterocycles. The molecule has 1 aromatic carbocycles. The first kappa shape index (κ1) is 14.3. The van der Waals surface area contributed by atoms with Gasteiger partial charge >= 0.3 is 5.69 Å². The molecule has 0 aliphatic carbocycles. The number of nitro groups is 1. The molecule has 1 aliphatic rings. The maximum Gasteiger partial charge on any atom is 0.311 e. The number of nitrogens with one attached hydrogen (secondary N) is 1. The van der Waals surface area contributed by atoms with Crippen LogP contribution in [0.4, 0.5) is 5.69 Å². The molecule has 0 saturated carbocycles. The Hall–Kier alpha value is -2.15. The molecular formula is C13H16N2O5. The van der Waals surface area contributed by atoms with Crippen LogP contribution in [-0.4, -0.2) is 35.7 Å². The lowest BCUT2D eigenvalue weighted by atomic mass is 10.0. The second-order valence-electron chi connectivity index (χ2n) is 4.70. The van der Waals surface area contributed by atoms with E-state index in [9.17, 15) is 20.0 Å². The average molecular weight is 280 g/mol. The topological polar surface area (TPSA) is 102 Å². The van der Waals surface area contributed by atoms with Crippen molar-refractivity contribution in [2.45, 2.75) is 12.8 Å². The smallest absolute Gasteiger partial charge is 0.311 e. The number of phenols is 1. The third kappa shape index (κ3) is 3.24. The molecule has 0 unspecified atom stereocenters. The van der Waals surface area contributed by atoms with Gasteiger partial charge in [-0.15, -0.1) is 0 Å². The highest BCUT2D eigenvalue weighted by molar-refractivity contribution is 5.98. The van der Waals surface area contributed by atoms with E-state index < -0.39 is 22.3 Å². The Bertz CT molecular complexity index is 511. The van der Waals surface area contributed by atoms with Crippen LogP contribution < -0.4 is 5.32 Å². The number of aromatic hydroxyl groups is 1. The summed E-state index contributed by atoms with van der Waals surface area (Å²) < 4.78 is 5.22. The lowest BCUT2D eigenvalue weighted by Crippen LogP contribution is -2.32. The minimum atomic E-state index is -0.718. The molecule has 1 heterocycles. The highest BCUT2D eigenvalue weighted by Gasteiger charge is 2.22. The van der Waals surface area contributed by atoms with Gasteiger partial charge in [-0.25, -0.2) is 0 Å². The summed E-state index contributed by atoms with van der Waals surface area (Å²) in [5.41, 5.74) is -0.546. The first-order chi connectivity index (χ1) is 9.59. The monoisotopic (exact) mass is 280 g/mol. The van der Waals surface area contributed by atoms with Crippen molar-refractivity contribution in [3.8, 4) is 5.75 Å². The molecule has 1 amide bonds. The number of ether oxygens (including phenoxy) is 1. The number of carbonyl (C=O) groups excluding carboxylic acids is 1. The largest absolute Gasteiger partial charge is 0.502 e. The quantitative estimate of drug-likeness (QED) is 0.642. The van der Waals surface area contributed by atoms with Crippen LogP contribution >= 0.6 is 0 Å². The molecule has 7 heteroatoms. The zero-order chi connectivity index (χ0) is 14.5. The third-order valence-electron chi connectivity index (χ3n) is 3.35. The molecule has 0 spiro atoms. The zero-order valence-corrected chi connectivity index (χ0v) is 10.9. The highest BCUT2D eigenvalue weighted by Crippen LogP contribution is 2.29. The molecule has 1 aromatic rings. The van der Waals surface area contributed by atoms with Crippen LogP contribution in [0, 0.1) is 16.0 Å². The molecule has 1 saturated heterocycles. The zero-order valence-electron chi connectivity index (χ0n) is 10.9. The average Bonchev–Trinajstić information content (AvgIpc) is 2.46. The van der Waals surface area contributed by atoms with Gasteiger partial charge in [-0.1, -0.05) is 6.07 Å². The molecule has 0 aromatic heterocycles. The second-order valence-corrected chi connectivity index (χ2v) is 4.70. The van der Waals surface area contributed by atoms with Gasteiger partial charge in [0.05, 0.1) is 10.5 Å². The molecule has 2 rings (SSSR count). The maximum absolute atomic E-state index is 12.0. The number of nitrogens with zero attached hydrogens (tertiary/aromatic N) is 1. The van der Waals surface area contributed by atoms with E-state index in [4.69, 9.17) is 4.74 Å². The van der Waals surface area contributed by atoms with Crippen molar-refractivity contribution < 1.29 is 19.6 Å². The summed E-state index contributed by atoms with van der Waals surface area (Å²) in [6, 6.07) is 3.90. The Labute approximate surface area is 115 Å². The normalized spacial score (nSPS) is 15.8. The van der Waals surface area contributed by atoms with E-state index in [2.05, 4.69) is 5.32 Å². The van der Waals surface area contributed by atoms with E-state index >= 15 is 0 Å². The van der Waals surface area contributed by atoms with Gasteiger partial charge in [0, 0.05) is 25.8 Å². The van der Waals surface area contributed by atoms with Crippen LogP contribution in [0.1, 0.15) is 23.2 Å². The summed E-state index contributed by atoms with van der Waals surface area (Å²) in [6.45, 7) is 1.84. The van der Waals surface area contributed by atoms with Gasteiger partial charge in [0.1, 0.15) is 0 Å². The number of benzene rings is 1. The van der Waals surface area contributed by atoms with Gasteiger partial charge < -0.3 is 15.2 Å². The molecule has 7 nitrogen and oxygen atoms in total. The Morgan fingerprint density at radius 2 is 2.15 bits per heavy atom. The van der Waals surface area contributed by atoms with E-state index in [1.807, 2.05) is 0 Å². The number of carbonyl (C=O) groups is 1. The number of hydrogen-bond acceptors (Lipinski definition) is 5. The second kappa shape index (κ2) is 6.33. The van der Waals surface area contributed by atoms with Gasteiger partial charge in [0.15, 0.2) is 0 Å². The van der Waals surface area contributed by atoms with Crippen molar-refractivity contribution in [3.63, 3.8) is 0 Å². The van der Waals surface area contributed by atoms with Crippen molar-refractivity contribution in [3.05, 3.63) is 33.9 Å². The first-order valence-electron chi connectivity index (χ1n) is 6.42. The lowest BCUT2D eigenvalue weighted by molar-refractivity contribution is -0.385. The molecular weight excluding hydrogens is 264 g/mol. The summed E-state index contributed by atoms with van der Waals surface area (Å²) in [6.07, 6.45) is 1.75. The van der Waals surface area contributed by atoms with Gasteiger partial charge in [-0.2, -0.15) is 0 Å². The van der Waals surface area contributed by atoms with Crippen molar-refractivity contribution in [2.24, 2.45) is 5.92 Å². The number of rotatable bonds is 4. The summed E-state index contributed by atoms with van der Waals surface area (Å²) in [7, 11) is 0. The van der Waals surface area contributed by atoms with Crippen LogP contribution in [0.2, 0.25) is 0 Å². The van der Waals surface area contributed by atoms with Crippen LogP contribution in [0.5, 0.6) is 5.75 Å². The van der Waals surface area contributed by atoms with Gasteiger partial charge in [-0.3, -0.25) is 14.9 Å². The first-order valence-corrected chi connectivity index (χ1v) is 6.42. The minimum Gasteiger partial charge on any atom is -0.502 e. The minimum absolute atomic E-state index is 0.0775. The summed E-state index contributed by atoms with van der Waals surface area (Å²) in [5.74, 6) is -0.756. The fraction of sp³-hybridized carbons (Fsp3) is 0.462. The number of nitro benzene ring substituents is 1. The highest BCUT2D eigenvalue weighted by atomic mass is 16.6. The fourth-order valence-electron chi connectivity index (χ4n) is 2.14. The van der Waals surface area contributed by atoms with Crippen LogP contribution in [-0.2, 0) is 4.74 Å². The van der Waals surface area contributed by atoms with E-state index in [1.54, 1.807) is 0 Å². The molecule has 1 fully saturated rings. The Kier molecular flexibility index (Phi) is 4.52. The van der Waals surface area contributed by atoms with E-state index in [0.717, 1.165) is 18.9 Å². The predicted octanol–water partition coefficient (Wildman–Crippen LogP) is 1.46. The van der Waals surface area contributed by atoms with Crippen molar-refractivity contribution in [1.82, 2.24) is 5.32 Å². The number of amides is 1. The van der Waals surface area contributed by atoms with Crippen molar-refractivity contribution >= 4 is 11.6 Å². The Balaban J connectivity index is 2.01. The standard InChI is InChI=1S/C13H16N2O5/c16-12-10(2-1-3-11(12)15(18)19)13(17)14-8-9-4-6-20-7-5-9/h1-3,9,16H,4-8H2,(H,14,17). The Morgan fingerprint density at radius 3 is 2.80 bits per heavy atom. The third-order valence-corrected chi connectivity index (χ3v) is 3.35. The maximum atomic E-state index is 12.0. The predicted molar refractivity (Wildman–Crippen MR) is 70.6 cm³/mol. The van der Waals surface area contributed by atoms with Crippen molar-refractivity contribution in [2.75, 3.05) is 19.8 Å². The summed E-state index contributed by atoms with van der Waals surface area (Å²) in [5, 5.41) is 23.1.